The number of aromatic nitrogens is 3. The summed E-state index contributed by atoms with van der Waals surface area (Å²) in [5, 5.41) is 17.4. The number of rotatable bonds is 3. The predicted octanol–water partition coefficient (Wildman–Crippen LogP) is 2.78. The molecule has 1 N–H and O–H groups in total. The van der Waals surface area contributed by atoms with E-state index in [1.165, 1.54) is 0 Å². The van der Waals surface area contributed by atoms with Crippen molar-refractivity contribution < 1.29 is 5.11 Å². The summed E-state index contributed by atoms with van der Waals surface area (Å²) < 4.78 is 2.92. The van der Waals surface area contributed by atoms with Crippen LogP contribution in [-0.4, -0.2) is 19.9 Å². The Bertz CT molecular complexity index is 522. The fraction of sp³-hybridized carbons (Fsp3) is 0.333. The van der Waals surface area contributed by atoms with E-state index in [0.717, 1.165) is 15.9 Å². The van der Waals surface area contributed by atoms with Gasteiger partial charge >= 0.3 is 0 Å². The molecular formula is C12H14BrN3O. The van der Waals surface area contributed by atoms with Crippen LogP contribution in [0.5, 0.6) is 0 Å². The van der Waals surface area contributed by atoms with E-state index in [9.17, 15) is 5.11 Å². The summed E-state index contributed by atoms with van der Waals surface area (Å²) in [6.45, 7) is 3.99. The normalized spacial score (nSPS) is 11.1. The van der Waals surface area contributed by atoms with Crippen LogP contribution in [0.1, 0.15) is 25.7 Å². The first-order valence-electron chi connectivity index (χ1n) is 5.44. The fourth-order valence-electron chi connectivity index (χ4n) is 1.80. The van der Waals surface area contributed by atoms with Crippen molar-refractivity contribution >= 4 is 15.9 Å². The molecule has 2 aromatic rings. The highest BCUT2D eigenvalue weighted by Crippen LogP contribution is 2.28. The Hall–Kier alpha value is -1.20. The molecule has 0 spiro atoms. The van der Waals surface area contributed by atoms with Gasteiger partial charge in [0.15, 0.2) is 11.6 Å². The smallest absolute Gasteiger partial charge is 0.165 e. The molecular weight excluding hydrogens is 282 g/mol. The van der Waals surface area contributed by atoms with Gasteiger partial charge in [-0.05, 0) is 19.9 Å². The lowest BCUT2D eigenvalue weighted by atomic mass is 10.2. The van der Waals surface area contributed by atoms with Crippen molar-refractivity contribution in [3.05, 3.63) is 34.6 Å². The second-order valence-electron chi connectivity index (χ2n) is 4.04. The molecule has 0 radical (unpaired) electrons. The van der Waals surface area contributed by atoms with Gasteiger partial charge in [-0.1, -0.05) is 34.1 Å². The van der Waals surface area contributed by atoms with Gasteiger partial charge in [-0.3, -0.25) is 0 Å². The largest absolute Gasteiger partial charge is 0.388 e. The molecule has 90 valence electrons. The summed E-state index contributed by atoms with van der Waals surface area (Å²) in [4.78, 5) is 0. The molecule has 5 heteroatoms. The van der Waals surface area contributed by atoms with Gasteiger partial charge in [0.05, 0.1) is 0 Å². The third kappa shape index (κ3) is 2.25. The highest BCUT2D eigenvalue weighted by molar-refractivity contribution is 9.10. The van der Waals surface area contributed by atoms with Gasteiger partial charge in [0.25, 0.3) is 0 Å². The summed E-state index contributed by atoms with van der Waals surface area (Å²) in [5.41, 5.74) is 0.980. The zero-order valence-electron chi connectivity index (χ0n) is 9.76. The van der Waals surface area contributed by atoms with Crippen LogP contribution in [0.3, 0.4) is 0 Å². The number of aliphatic hydroxyl groups excluding tert-OH is 1. The highest BCUT2D eigenvalue weighted by atomic mass is 79.9. The summed E-state index contributed by atoms with van der Waals surface area (Å²) in [6, 6.07) is 8.06. The van der Waals surface area contributed by atoms with E-state index in [-0.39, 0.29) is 12.6 Å². The molecule has 0 saturated heterocycles. The van der Waals surface area contributed by atoms with E-state index in [2.05, 4.69) is 26.1 Å². The van der Waals surface area contributed by atoms with E-state index < -0.39 is 0 Å². The van der Waals surface area contributed by atoms with Crippen LogP contribution in [0.2, 0.25) is 0 Å². The summed E-state index contributed by atoms with van der Waals surface area (Å²) in [6.07, 6.45) is 0. The van der Waals surface area contributed by atoms with Gasteiger partial charge in [-0.15, -0.1) is 10.2 Å². The van der Waals surface area contributed by atoms with Crippen LogP contribution in [0.25, 0.3) is 11.4 Å². The summed E-state index contributed by atoms with van der Waals surface area (Å²) >= 11 is 3.50. The second kappa shape index (κ2) is 4.98. The van der Waals surface area contributed by atoms with E-state index in [1.54, 1.807) is 0 Å². The minimum absolute atomic E-state index is 0.102. The zero-order valence-corrected chi connectivity index (χ0v) is 11.3. The first kappa shape index (κ1) is 12.3. The Labute approximate surface area is 108 Å². The monoisotopic (exact) mass is 295 g/mol. The molecule has 0 atom stereocenters. The standard InChI is InChI=1S/C12H14BrN3O/c1-8(2)16-11(7-17)14-15-12(16)9-5-3-4-6-10(9)13/h3-6,8,17H,7H2,1-2H3. The number of benzene rings is 1. The molecule has 4 nitrogen and oxygen atoms in total. The number of hydrogen-bond donors (Lipinski definition) is 1. The van der Waals surface area contributed by atoms with Crippen LogP contribution in [0, 0.1) is 0 Å². The van der Waals surface area contributed by atoms with E-state index in [0.29, 0.717) is 5.82 Å². The van der Waals surface area contributed by atoms with Gasteiger partial charge in [-0.2, -0.15) is 0 Å². The van der Waals surface area contributed by atoms with Crippen molar-refractivity contribution in [2.75, 3.05) is 0 Å². The average Bonchev–Trinajstić information content (AvgIpc) is 2.73. The quantitative estimate of drug-likeness (QED) is 0.947. The predicted molar refractivity (Wildman–Crippen MR) is 69.5 cm³/mol. The Morgan fingerprint density at radius 1 is 1.29 bits per heavy atom. The minimum Gasteiger partial charge on any atom is -0.388 e. The van der Waals surface area contributed by atoms with E-state index >= 15 is 0 Å². The Morgan fingerprint density at radius 3 is 2.59 bits per heavy atom. The van der Waals surface area contributed by atoms with Crippen molar-refractivity contribution in [2.24, 2.45) is 0 Å². The van der Waals surface area contributed by atoms with Crippen LogP contribution >= 0.6 is 15.9 Å². The molecule has 2 rings (SSSR count). The van der Waals surface area contributed by atoms with Crippen molar-refractivity contribution in [1.29, 1.82) is 0 Å². The fourth-order valence-corrected chi connectivity index (χ4v) is 2.26. The lowest BCUT2D eigenvalue weighted by Crippen LogP contribution is -2.08. The topological polar surface area (TPSA) is 50.9 Å². The molecule has 0 unspecified atom stereocenters. The maximum atomic E-state index is 9.26. The number of halogens is 1. The summed E-state index contributed by atoms with van der Waals surface area (Å²) in [5.74, 6) is 1.36. The summed E-state index contributed by atoms with van der Waals surface area (Å²) in [7, 11) is 0. The van der Waals surface area contributed by atoms with Crippen molar-refractivity contribution in [1.82, 2.24) is 14.8 Å². The molecule has 1 heterocycles. The molecule has 0 aliphatic carbocycles. The first-order chi connectivity index (χ1) is 8.15. The molecule has 0 bridgehead atoms. The van der Waals surface area contributed by atoms with Crippen LogP contribution in [0.4, 0.5) is 0 Å². The average molecular weight is 296 g/mol. The molecule has 0 aliphatic heterocycles. The van der Waals surface area contributed by atoms with Gasteiger partial charge in [-0.25, -0.2) is 0 Å². The number of nitrogens with zero attached hydrogens (tertiary/aromatic N) is 3. The highest BCUT2D eigenvalue weighted by Gasteiger charge is 2.16. The van der Waals surface area contributed by atoms with Crippen molar-refractivity contribution in [3.63, 3.8) is 0 Å². The number of hydrogen-bond acceptors (Lipinski definition) is 3. The lowest BCUT2D eigenvalue weighted by Gasteiger charge is -2.13. The zero-order chi connectivity index (χ0) is 12.4. The van der Waals surface area contributed by atoms with Gasteiger partial charge in [0.1, 0.15) is 6.61 Å². The minimum atomic E-state index is -0.102. The number of aliphatic hydroxyl groups is 1. The van der Waals surface area contributed by atoms with Crippen LogP contribution in [0.15, 0.2) is 28.7 Å². The Morgan fingerprint density at radius 2 is 2.00 bits per heavy atom. The van der Waals surface area contributed by atoms with Gasteiger partial charge < -0.3 is 9.67 Å². The molecule has 0 fully saturated rings. The second-order valence-corrected chi connectivity index (χ2v) is 4.90. The molecule has 1 aromatic heterocycles. The molecule has 1 aromatic carbocycles. The maximum Gasteiger partial charge on any atom is 0.165 e. The third-order valence-corrected chi connectivity index (χ3v) is 3.23. The molecule has 0 saturated carbocycles. The first-order valence-corrected chi connectivity index (χ1v) is 6.24. The molecule has 17 heavy (non-hydrogen) atoms. The molecule has 0 amide bonds. The Kier molecular flexibility index (Phi) is 3.59. The van der Waals surface area contributed by atoms with E-state index in [4.69, 9.17) is 0 Å². The molecule has 0 aliphatic rings. The van der Waals surface area contributed by atoms with Gasteiger partial charge in [0.2, 0.25) is 0 Å². The van der Waals surface area contributed by atoms with E-state index in [1.807, 2.05) is 42.7 Å². The third-order valence-electron chi connectivity index (χ3n) is 2.54. The van der Waals surface area contributed by atoms with Gasteiger partial charge in [0, 0.05) is 16.1 Å². The maximum absolute atomic E-state index is 9.26. The van der Waals surface area contributed by atoms with Crippen molar-refractivity contribution in [2.45, 2.75) is 26.5 Å². The van der Waals surface area contributed by atoms with Crippen molar-refractivity contribution in [3.8, 4) is 11.4 Å². The SMILES string of the molecule is CC(C)n1c(CO)nnc1-c1ccccc1Br. The van der Waals surface area contributed by atoms with Crippen LogP contribution in [-0.2, 0) is 6.61 Å². The lowest BCUT2D eigenvalue weighted by molar-refractivity contribution is 0.262. The Balaban J connectivity index is 2.60. The van der Waals surface area contributed by atoms with Crippen LogP contribution < -0.4 is 0 Å².